The van der Waals surface area contributed by atoms with Gasteiger partial charge in [0, 0.05) is 6.54 Å². The Bertz CT molecular complexity index is 327. The number of aromatic nitrogens is 1. The highest BCUT2D eigenvalue weighted by molar-refractivity contribution is 7.98. The van der Waals surface area contributed by atoms with Crippen molar-refractivity contribution in [2.45, 2.75) is 13.3 Å². The Hall–Kier alpha value is -0.730. The first-order chi connectivity index (χ1) is 6.79. The molecule has 0 spiro atoms. The van der Waals surface area contributed by atoms with Crippen LogP contribution in [-0.2, 0) is 0 Å². The summed E-state index contributed by atoms with van der Waals surface area (Å²) < 4.78 is 4.14. The first-order valence-corrected chi connectivity index (χ1v) is 6.55. The van der Waals surface area contributed by atoms with Crippen LogP contribution in [0, 0.1) is 18.3 Å². The Morgan fingerprint density at radius 3 is 3.07 bits per heavy atom. The third-order valence-electron chi connectivity index (χ3n) is 1.79. The van der Waals surface area contributed by atoms with Crippen molar-refractivity contribution >= 4 is 28.3 Å². The normalized spacial score (nSPS) is 9.79. The van der Waals surface area contributed by atoms with Crippen molar-refractivity contribution in [3.8, 4) is 6.07 Å². The van der Waals surface area contributed by atoms with Gasteiger partial charge < -0.3 is 5.32 Å². The molecule has 0 saturated carbocycles. The Morgan fingerprint density at radius 2 is 2.43 bits per heavy atom. The van der Waals surface area contributed by atoms with E-state index in [2.05, 4.69) is 22.0 Å². The molecular formula is C9H13N3S2. The van der Waals surface area contributed by atoms with E-state index in [1.54, 1.807) is 0 Å². The molecule has 1 aromatic rings. The summed E-state index contributed by atoms with van der Waals surface area (Å²) >= 11 is 3.20. The lowest BCUT2D eigenvalue weighted by atomic mass is 10.3. The molecule has 1 aromatic heterocycles. The monoisotopic (exact) mass is 227 g/mol. The second-order valence-corrected chi connectivity index (χ2v) is 4.62. The summed E-state index contributed by atoms with van der Waals surface area (Å²) in [5.41, 5.74) is 1.52. The van der Waals surface area contributed by atoms with Gasteiger partial charge in [-0.25, -0.2) is 0 Å². The molecule has 0 radical (unpaired) electrons. The molecule has 0 atom stereocenters. The van der Waals surface area contributed by atoms with Gasteiger partial charge in [-0.2, -0.15) is 21.4 Å². The van der Waals surface area contributed by atoms with Gasteiger partial charge in [0.15, 0.2) is 0 Å². The minimum absolute atomic E-state index is 0.694. The van der Waals surface area contributed by atoms with E-state index in [0.29, 0.717) is 5.56 Å². The quantitative estimate of drug-likeness (QED) is 0.785. The number of thioether (sulfide) groups is 1. The van der Waals surface area contributed by atoms with Crippen molar-refractivity contribution in [3.05, 3.63) is 11.3 Å². The van der Waals surface area contributed by atoms with E-state index in [4.69, 9.17) is 5.26 Å². The number of nitrogens with zero attached hydrogens (tertiary/aromatic N) is 2. The Labute approximate surface area is 92.7 Å². The van der Waals surface area contributed by atoms with Crippen LogP contribution in [0.4, 0.5) is 5.00 Å². The van der Waals surface area contributed by atoms with Gasteiger partial charge >= 0.3 is 0 Å². The molecule has 0 aromatic carbocycles. The minimum Gasteiger partial charge on any atom is -0.375 e. The molecule has 0 aliphatic rings. The van der Waals surface area contributed by atoms with Crippen molar-refractivity contribution < 1.29 is 0 Å². The first-order valence-electron chi connectivity index (χ1n) is 4.38. The average molecular weight is 227 g/mol. The van der Waals surface area contributed by atoms with Gasteiger partial charge in [0.2, 0.25) is 0 Å². The largest absolute Gasteiger partial charge is 0.375 e. The number of anilines is 1. The second kappa shape index (κ2) is 5.89. The lowest BCUT2D eigenvalue weighted by Gasteiger charge is -2.01. The van der Waals surface area contributed by atoms with Crippen LogP contribution in [0.1, 0.15) is 17.7 Å². The predicted octanol–water partition coefficient (Wildman–Crippen LogP) is 2.49. The maximum absolute atomic E-state index is 8.86. The van der Waals surface area contributed by atoms with Crippen LogP contribution in [0.5, 0.6) is 0 Å². The van der Waals surface area contributed by atoms with Crippen LogP contribution in [0.2, 0.25) is 0 Å². The van der Waals surface area contributed by atoms with Crippen LogP contribution in [0.15, 0.2) is 0 Å². The van der Waals surface area contributed by atoms with E-state index in [1.165, 1.54) is 11.5 Å². The topological polar surface area (TPSA) is 48.7 Å². The molecule has 1 heterocycles. The van der Waals surface area contributed by atoms with E-state index >= 15 is 0 Å². The number of nitrogens with one attached hydrogen (secondary N) is 1. The standard InChI is InChI=1S/C9H13N3S2/c1-7-8(6-10)9(14-12-7)11-4-3-5-13-2/h11H,3-5H2,1-2H3. The highest BCUT2D eigenvalue weighted by atomic mass is 32.2. The van der Waals surface area contributed by atoms with Crippen LogP contribution >= 0.6 is 23.3 Å². The summed E-state index contributed by atoms with van der Waals surface area (Å²) in [5, 5.41) is 13.0. The molecule has 0 aliphatic heterocycles. The summed E-state index contributed by atoms with van der Waals surface area (Å²) in [6.07, 6.45) is 3.21. The van der Waals surface area contributed by atoms with Crippen molar-refractivity contribution in [1.29, 1.82) is 5.26 Å². The Morgan fingerprint density at radius 1 is 1.64 bits per heavy atom. The molecule has 0 amide bonds. The average Bonchev–Trinajstić information content (AvgIpc) is 2.54. The molecule has 0 unspecified atom stereocenters. The van der Waals surface area contributed by atoms with Crippen LogP contribution in [-0.4, -0.2) is 22.9 Å². The van der Waals surface area contributed by atoms with Gasteiger partial charge in [-0.15, -0.1) is 0 Å². The maximum atomic E-state index is 8.86. The smallest absolute Gasteiger partial charge is 0.127 e. The van der Waals surface area contributed by atoms with Crippen molar-refractivity contribution in [2.75, 3.05) is 23.9 Å². The van der Waals surface area contributed by atoms with Crippen molar-refractivity contribution in [3.63, 3.8) is 0 Å². The minimum atomic E-state index is 0.694. The molecule has 0 aliphatic carbocycles. The summed E-state index contributed by atoms with van der Waals surface area (Å²) in [6, 6.07) is 2.16. The van der Waals surface area contributed by atoms with Crippen LogP contribution in [0.25, 0.3) is 0 Å². The molecule has 0 saturated heterocycles. The predicted molar refractivity (Wildman–Crippen MR) is 63.1 cm³/mol. The number of nitriles is 1. The molecule has 0 fully saturated rings. The van der Waals surface area contributed by atoms with Crippen molar-refractivity contribution in [2.24, 2.45) is 0 Å². The van der Waals surface area contributed by atoms with Gasteiger partial charge in [0.25, 0.3) is 0 Å². The molecular weight excluding hydrogens is 214 g/mol. The van der Waals surface area contributed by atoms with E-state index in [9.17, 15) is 0 Å². The van der Waals surface area contributed by atoms with E-state index in [0.717, 1.165) is 29.4 Å². The van der Waals surface area contributed by atoms with Crippen LogP contribution in [0.3, 0.4) is 0 Å². The summed E-state index contributed by atoms with van der Waals surface area (Å²) in [5.74, 6) is 1.15. The SMILES string of the molecule is CSCCCNc1snc(C)c1C#N. The summed E-state index contributed by atoms with van der Waals surface area (Å²) in [4.78, 5) is 0. The van der Waals surface area contributed by atoms with E-state index in [-0.39, 0.29) is 0 Å². The van der Waals surface area contributed by atoms with Crippen LogP contribution < -0.4 is 5.32 Å². The van der Waals surface area contributed by atoms with Gasteiger partial charge in [-0.3, -0.25) is 0 Å². The molecule has 1 rings (SSSR count). The highest BCUT2D eigenvalue weighted by Gasteiger charge is 2.08. The molecule has 5 heteroatoms. The Kier molecular flexibility index (Phi) is 4.77. The highest BCUT2D eigenvalue weighted by Crippen LogP contribution is 2.23. The number of hydrogen-bond acceptors (Lipinski definition) is 5. The maximum Gasteiger partial charge on any atom is 0.127 e. The lowest BCUT2D eigenvalue weighted by molar-refractivity contribution is 0.997. The first kappa shape index (κ1) is 11.3. The zero-order valence-corrected chi connectivity index (χ0v) is 9.97. The number of rotatable bonds is 5. The van der Waals surface area contributed by atoms with E-state index in [1.807, 2.05) is 18.7 Å². The molecule has 14 heavy (non-hydrogen) atoms. The number of hydrogen-bond donors (Lipinski definition) is 1. The summed E-state index contributed by atoms with van der Waals surface area (Å²) in [6.45, 7) is 2.78. The molecule has 3 nitrogen and oxygen atoms in total. The third kappa shape index (κ3) is 2.89. The second-order valence-electron chi connectivity index (χ2n) is 2.86. The lowest BCUT2D eigenvalue weighted by Crippen LogP contribution is -2.02. The Balaban J connectivity index is 2.47. The fourth-order valence-corrected chi connectivity index (χ4v) is 2.24. The fraction of sp³-hybridized carbons (Fsp3) is 0.556. The molecule has 1 N–H and O–H groups in total. The van der Waals surface area contributed by atoms with Gasteiger partial charge in [-0.1, -0.05) is 0 Å². The zero-order valence-electron chi connectivity index (χ0n) is 8.33. The summed E-state index contributed by atoms with van der Waals surface area (Å²) in [7, 11) is 0. The zero-order chi connectivity index (χ0) is 10.4. The molecule has 76 valence electrons. The van der Waals surface area contributed by atoms with Gasteiger partial charge in [0.05, 0.1) is 5.69 Å². The molecule has 0 bridgehead atoms. The van der Waals surface area contributed by atoms with Gasteiger partial charge in [0.1, 0.15) is 16.6 Å². The number of aryl methyl sites for hydroxylation is 1. The van der Waals surface area contributed by atoms with E-state index < -0.39 is 0 Å². The van der Waals surface area contributed by atoms with Gasteiger partial charge in [-0.05, 0) is 36.9 Å². The third-order valence-corrected chi connectivity index (χ3v) is 3.38. The van der Waals surface area contributed by atoms with Crippen molar-refractivity contribution in [1.82, 2.24) is 4.37 Å². The fourth-order valence-electron chi connectivity index (χ4n) is 1.04.